The summed E-state index contributed by atoms with van der Waals surface area (Å²) in [6.45, 7) is 3.65. The molecule has 6 nitrogen and oxygen atoms in total. The van der Waals surface area contributed by atoms with Crippen molar-refractivity contribution >= 4 is 16.9 Å². The Kier molecular flexibility index (Phi) is 5.70. The van der Waals surface area contributed by atoms with E-state index >= 15 is 0 Å². The third kappa shape index (κ3) is 4.45. The van der Waals surface area contributed by atoms with E-state index in [9.17, 15) is 14.0 Å². The second kappa shape index (κ2) is 8.57. The predicted molar refractivity (Wildman–Crippen MR) is 109 cm³/mol. The summed E-state index contributed by atoms with van der Waals surface area (Å²) in [4.78, 5) is 26.8. The largest absolute Gasteiger partial charge is 0.484 e. The minimum atomic E-state index is -0.395. The van der Waals surface area contributed by atoms with Crippen molar-refractivity contribution in [3.05, 3.63) is 64.8 Å². The van der Waals surface area contributed by atoms with Gasteiger partial charge < -0.3 is 18.8 Å². The Morgan fingerprint density at radius 1 is 1.13 bits per heavy atom. The molecular weight excluding hydrogens is 389 g/mol. The van der Waals surface area contributed by atoms with Crippen LogP contribution in [-0.4, -0.2) is 30.5 Å². The normalized spacial score (nSPS) is 14.7. The topological polar surface area (TPSA) is 69.0 Å². The Morgan fingerprint density at radius 3 is 2.57 bits per heavy atom. The summed E-state index contributed by atoms with van der Waals surface area (Å²) < 4.78 is 29.6. The summed E-state index contributed by atoms with van der Waals surface area (Å²) >= 11 is 0. The Balaban J connectivity index is 1.45. The molecule has 2 aromatic carbocycles. The number of piperidine rings is 1. The summed E-state index contributed by atoms with van der Waals surface area (Å²) in [7, 11) is 0. The number of nitrogens with zero attached hydrogens (tertiary/aromatic N) is 1. The molecule has 1 amide bonds. The SMILES string of the molecule is CC1CCN(C(=O)COc2ccc3c(=O)c(Oc4ccc(F)cc4)coc3c2)CC1. The van der Waals surface area contributed by atoms with Gasteiger partial charge in [0.1, 0.15) is 29.2 Å². The van der Waals surface area contributed by atoms with Crippen LogP contribution in [-0.2, 0) is 4.79 Å². The zero-order valence-electron chi connectivity index (χ0n) is 16.6. The highest BCUT2D eigenvalue weighted by Gasteiger charge is 2.20. The van der Waals surface area contributed by atoms with Gasteiger partial charge in [-0.2, -0.15) is 0 Å². The smallest absolute Gasteiger partial charge is 0.260 e. The van der Waals surface area contributed by atoms with E-state index in [0.717, 1.165) is 25.9 Å². The van der Waals surface area contributed by atoms with Crippen molar-refractivity contribution in [2.75, 3.05) is 19.7 Å². The molecule has 2 heterocycles. The van der Waals surface area contributed by atoms with Crippen molar-refractivity contribution in [1.29, 1.82) is 0 Å². The number of amides is 1. The van der Waals surface area contributed by atoms with E-state index in [2.05, 4.69) is 6.92 Å². The second-order valence-electron chi connectivity index (χ2n) is 7.50. The molecule has 1 aliphatic rings. The van der Waals surface area contributed by atoms with Crippen molar-refractivity contribution in [2.45, 2.75) is 19.8 Å². The standard InChI is InChI=1S/C23H22FNO5/c1-15-8-10-25(11-9-15)22(26)14-28-18-6-7-19-20(12-18)29-13-21(23(19)27)30-17-4-2-16(24)3-5-17/h2-7,12-13,15H,8-11,14H2,1H3. The lowest BCUT2D eigenvalue weighted by atomic mass is 9.99. The molecule has 0 saturated carbocycles. The maximum atomic E-state index is 13.0. The molecule has 0 unspecified atom stereocenters. The first-order valence-corrected chi connectivity index (χ1v) is 9.89. The predicted octanol–water partition coefficient (Wildman–Crippen LogP) is 4.36. The minimum absolute atomic E-state index is 0.00252. The molecule has 4 rings (SSSR count). The van der Waals surface area contributed by atoms with Gasteiger partial charge in [-0.15, -0.1) is 0 Å². The molecule has 0 spiro atoms. The van der Waals surface area contributed by atoms with Gasteiger partial charge in [0, 0.05) is 19.2 Å². The summed E-state index contributed by atoms with van der Waals surface area (Å²) in [6, 6.07) is 10.1. The van der Waals surface area contributed by atoms with Crippen molar-refractivity contribution in [2.24, 2.45) is 5.92 Å². The highest BCUT2D eigenvalue weighted by atomic mass is 19.1. The Labute approximate surface area is 172 Å². The van der Waals surface area contributed by atoms with Gasteiger partial charge in [-0.1, -0.05) is 6.92 Å². The van der Waals surface area contributed by atoms with Crippen LogP contribution in [0.3, 0.4) is 0 Å². The molecule has 7 heteroatoms. The van der Waals surface area contributed by atoms with Crippen molar-refractivity contribution in [1.82, 2.24) is 4.90 Å². The fourth-order valence-corrected chi connectivity index (χ4v) is 3.38. The van der Waals surface area contributed by atoms with E-state index in [0.29, 0.717) is 28.4 Å². The third-order valence-electron chi connectivity index (χ3n) is 5.25. The van der Waals surface area contributed by atoms with E-state index in [-0.39, 0.29) is 23.7 Å². The number of hydrogen-bond donors (Lipinski definition) is 0. The number of carbonyl (C=O) groups is 1. The van der Waals surface area contributed by atoms with E-state index in [1.807, 2.05) is 4.90 Å². The quantitative estimate of drug-likeness (QED) is 0.624. The first-order valence-electron chi connectivity index (χ1n) is 9.89. The van der Waals surface area contributed by atoms with Gasteiger partial charge >= 0.3 is 0 Å². The maximum Gasteiger partial charge on any atom is 0.260 e. The van der Waals surface area contributed by atoms with Crippen LogP contribution in [0.5, 0.6) is 17.2 Å². The Hall–Kier alpha value is -3.35. The molecule has 30 heavy (non-hydrogen) atoms. The number of benzene rings is 2. The number of halogens is 1. The summed E-state index contributed by atoms with van der Waals surface area (Å²) in [5.74, 6) is 0.970. The summed E-state index contributed by atoms with van der Waals surface area (Å²) in [6.07, 6.45) is 3.22. The van der Waals surface area contributed by atoms with Crippen LogP contribution in [0.25, 0.3) is 11.0 Å². The number of ether oxygens (including phenoxy) is 2. The molecular formula is C23H22FNO5. The van der Waals surface area contributed by atoms with E-state index in [1.165, 1.54) is 30.5 Å². The van der Waals surface area contributed by atoms with Gasteiger partial charge in [0.05, 0.1) is 5.39 Å². The van der Waals surface area contributed by atoms with Crippen LogP contribution in [0.2, 0.25) is 0 Å². The molecule has 1 aromatic heterocycles. The van der Waals surface area contributed by atoms with E-state index < -0.39 is 5.82 Å². The lowest BCUT2D eigenvalue weighted by molar-refractivity contribution is -0.134. The fraction of sp³-hybridized carbons (Fsp3) is 0.304. The van der Waals surface area contributed by atoms with Crippen LogP contribution >= 0.6 is 0 Å². The highest BCUT2D eigenvalue weighted by molar-refractivity contribution is 5.80. The number of fused-ring (bicyclic) bond motifs is 1. The Morgan fingerprint density at radius 2 is 1.83 bits per heavy atom. The molecule has 3 aromatic rings. The van der Waals surface area contributed by atoms with Gasteiger partial charge in [-0.05, 0) is 55.2 Å². The van der Waals surface area contributed by atoms with Gasteiger partial charge in [-0.3, -0.25) is 9.59 Å². The first kappa shape index (κ1) is 19.9. The number of rotatable bonds is 5. The average molecular weight is 411 g/mol. The van der Waals surface area contributed by atoms with Gasteiger partial charge in [-0.25, -0.2) is 4.39 Å². The molecule has 1 aliphatic heterocycles. The fourth-order valence-electron chi connectivity index (χ4n) is 3.38. The van der Waals surface area contributed by atoms with Crippen molar-refractivity contribution in [3.63, 3.8) is 0 Å². The van der Waals surface area contributed by atoms with Gasteiger partial charge in [0.2, 0.25) is 11.2 Å². The molecule has 0 atom stereocenters. The molecule has 156 valence electrons. The van der Waals surface area contributed by atoms with Gasteiger partial charge in [0.15, 0.2) is 6.61 Å². The van der Waals surface area contributed by atoms with Crippen LogP contribution in [0.1, 0.15) is 19.8 Å². The summed E-state index contributed by atoms with van der Waals surface area (Å²) in [5, 5.41) is 0.318. The molecule has 0 bridgehead atoms. The van der Waals surface area contributed by atoms with Crippen LogP contribution < -0.4 is 14.9 Å². The lowest BCUT2D eigenvalue weighted by Crippen LogP contribution is -2.40. The van der Waals surface area contributed by atoms with E-state index in [4.69, 9.17) is 13.9 Å². The van der Waals surface area contributed by atoms with Crippen molar-refractivity contribution in [3.8, 4) is 17.2 Å². The number of carbonyl (C=O) groups excluding carboxylic acids is 1. The number of likely N-dealkylation sites (tertiary alicyclic amines) is 1. The monoisotopic (exact) mass is 411 g/mol. The lowest BCUT2D eigenvalue weighted by Gasteiger charge is -2.30. The molecule has 0 aliphatic carbocycles. The Bertz CT molecular complexity index is 1100. The minimum Gasteiger partial charge on any atom is -0.484 e. The zero-order valence-corrected chi connectivity index (χ0v) is 16.6. The molecule has 1 saturated heterocycles. The average Bonchev–Trinajstić information content (AvgIpc) is 2.76. The summed E-state index contributed by atoms with van der Waals surface area (Å²) in [5.41, 5.74) is -0.0335. The second-order valence-corrected chi connectivity index (χ2v) is 7.50. The van der Waals surface area contributed by atoms with Gasteiger partial charge in [0.25, 0.3) is 5.91 Å². The zero-order chi connectivity index (χ0) is 21.1. The highest BCUT2D eigenvalue weighted by Crippen LogP contribution is 2.24. The molecule has 0 N–H and O–H groups in total. The third-order valence-corrected chi connectivity index (χ3v) is 5.25. The maximum absolute atomic E-state index is 13.0. The van der Waals surface area contributed by atoms with Crippen LogP contribution in [0.15, 0.2) is 57.9 Å². The van der Waals surface area contributed by atoms with Crippen LogP contribution in [0, 0.1) is 11.7 Å². The van der Waals surface area contributed by atoms with Crippen LogP contribution in [0.4, 0.5) is 4.39 Å². The first-order chi connectivity index (χ1) is 14.5. The van der Waals surface area contributed by atoms with Crippen molar-refractivity contribution < 1.29 is 23.1 Å². The molecule has 0 radical (unpaired) electrons. The molecule has 1 fully saturated rings. The number of hydrogen-bond acceptors (Lipinski definition) is 5. The van der Waals surface area contributed by atoms with E-state index in [1.54, 1.807) is 18.2 Å².